The zero-order valence-corrected chi connectivity index (χ0v) is 14.8. The zero-order chi connectivity index (χ0) is 17.4. The third-order valence-corrected chi connectivity index (χ3v) is 5.10. The molecule has 1 aromatic carbocycles. The summed E-state index contributed by atoms with van der Waals surface area (Å²) in [5.74, 6) is 0.725. The first-order valence-electron chi connectivity index (χ1n) is 8.88. The Balaban J connectivity index is 1.74. The van der Waals surface area contributed by atoms with Crippen molar-refractivity contribution in [3.63, 3.8) is 0 Å². The number of aryl methyl sites for hydroxylation is 1. The molecule has 25 heavy (non-hydrogen) atoms. The maximum absolute atomic E-state index is 12.8. The van der Waals surface area contributed by atoms with E-state index < -0.39 is 0 Å². The van der Waals surface area contributed by atoms with E-state index in [-0.39, 0.29) is 11.7 Å². The molecule has 0 bridgehead atoms. The van der Waals surface area contributed by atoms with Crippen LogP contribution in [0.2, 0.25) is 0 Å². The van der Waals surface area contributed by atoms with Crippen molar-refractivity contribution >= 4 is 11.6 Å². The normalized spacial score (nSPS) is 20.7. The molecule has 1 fully saturated rings. The Bertz CT molecular complexity index is 812. The lowest BCUT2D eigenvalue weighted by atomic mass is 10.2. The molecular weight excluding hydrogens is 316 g/mol. The van der Waals surface area contributed by atoms with Crippen molar-refractivity contribution in [1.82, 2.24) is 14.5 Å². The number of hydrogen-bond acceptors (Lipinski definition) is 5. The van der Waals surface area contributed by atoms with Gasteiger partial charge in [0.25, 0.3) is 5.56 Å². The number of para-hydroxylation sites is 1. The molecule has 2 aromatic rings. The van der Waals surface area contributed by atoms with Gasteiger partial charge in [-0.25, -0.2) is 4.98 Å². The highest BCUT2D eigenvalue weighted by molar-refractivity contribution is 5.58. The summed E-state index contributed by atoms with van der Waals surface area (Å²) in [7, 11) is 0. The molecule has 0 spiro atoms. The van der Waals surface area contributed by atoms with Crippen LogP contribution in [0.15, 0.2) is 35.1 Å². The van der Waals surface area contributed by atoms with Gasteiger partial charge in [0.2, 0.25) is 5.95 Å². The van der Waals surface area contributed by atoms with Crippen molar-refractivity contribution in [1.29, 1.82) is 0 Å². The Morgan fingerprint density at radius 1 is 1.20 bits per heavy atom. The van der Waals surface area contributed by atoms with Gasteiger partial charge in [0, 0.05) is 30.1 Å². The fourth-order valence-corrected chi connectivity index (χ4v) is 3.58. The lowest BCUT2D eigenvalue weighted by Gasteiger charge is -2.39. The molecule has 3 heterocycles. The number of hydrogen-bond donors (Lipinski definition) is 0. The van der Waals surface area contributed by atoms with Crippen LogP contribution in [0.5, 0.6) is 0 Å². The maximum Gasteiger partial charge on any atom is 0.259 e. The number of nitrogens with zero attached hydrogens (tertiary/aromatic N) is 4. The highest BCUT2D eigenvalue weighted by atomic mass is 16.5. The van der Waals surface area contributed by atoms with Crippen LogP contribution in [0.4, 0.5) is 11.6 Å². The average Bonchev–Trinajstić information content (AvgIpc) is 3.14. The summed E-state index contributed by atoms with van der Waals surface area (Å²) in [5.41, 5.74) is 2.60. The topological polar surface area (TPSA) is 50.6 Å². The third-order valence-electron chi connectivity index (χ3n) is 5.10. The van der Waals surface area contributed by atoms with Gasteiger partial charge < -0.3 is 4.74 Å². The molecule has 1 atom stereocenters. The van der Waals surface area contributed by atoms with E-state index in [1.807, 2.05) is 32.0 Å². The van der Waals surface area contributed by atoms with E-state index in [0.29, 0.717) is 13.3 Å². The van der Waals surface area contributed by atoms with E-state index in [2.05, 4.69) is 21.9 Å². The van der Waals surface area contributed by atoms with E-state index in [4.69, 9.17) is 9.72 Å². The second kappa shape index (κ2) is 6.61. The minimum atomic E-state index is 0.0421. The van der Waals surface area contributed by atoms with Gasteiger partial charge in [-0.15, -0.1) is 0 Å². The molecule has 2 aliphatic heterocycles. The van der Waals surface area contributed by atoms with Crippen molar-refractivity contribution in [3.05, 3.63) is 51.9 Å². The van der Waals surface area contributed by atoms with Crippen LogP contribution in [-0.4, -0.2) is 40.4 Å². The van der Waals surface area contributed by atoms with E-state index in [1.54, 1.807) is 4.57 Å². The van der Waals surface area contributed by atoms with Crippen molar-refractivity contribution in [3.8, 4) is 0 Å². The number of ether oxygens (including phenoxy) is 1. The molecule has 1 aromatic heterocycles. The average molecular weight is 340 g/mol. The Morgan fingerprint density at radius 3 is 2.72 bits per heavy atom. The molecule has 0 radical (unpaired) electrons. The number of fused-ring (bicyclic) bond motifs is 1. The summed E-state index contributed by atoms with van der Waals surface area (Å²) < 4.78 is 7.58. The van der Waals surface area contributed by atoms with Gasteiger partial charge in [-0.3, -0.25) is 19.2 Å². The van der Waals surface area contributed by atoms with E-state index in [9.17, 15) is 4.79 Å². The van der Waals surface area contributed by atoms with E-state index in [0.717, 1.165) is 48.9 Å². The van der Waals surface area contributed by atoms with Crippen molar-refractivity contribution in [2.75, 3.05) is 24.7 Å². The lowest BCUT2D eigenvalue weighted by molar-refractivity contribution is 0.0584. The summed E-state index contributed by atoms with van der Waals surface area (Å²) in [6.45, 7) is 6.70. The molecule has 6 nitrogen and oxygen atoms in total. The van der Waals surface area contributed by atoms with E-state index >= 15 is 0 Å². The molecular formula is C19H24N4O2. The smallest absolute Gasteiger partial charge is 0.259 e. The first-order valence-corrected chi connectivity index (χ1v) is 8.88. The fraction of sp³-hybridized carbons (Fsp3) is 0.474. The molecule has 4 rings (SSSR count). The quantitative estimate of drug-likeness (QED) is 0.859. The van der Waals surface area contributed by atoms with Crippen LogP contribution >= 0.6 is 0 Å². The highest BCUT2D eigenvalue weighted by Crippen LogP contribution is 2.28. The van der Waals surface area contributed by atoms with Gasteiger partial charge in [0.05, 0.1) is 19.4 Å². The summed E-state index contributed by atoms with van der Waals surface area (Å²) in [6.07, 6.45) is 2.47. The molecule has 0 amide bonds. The first kappa shape index (κ1) is 16.3. The van der Waals surface area contributed by atoms with Crippen molar-refractivity contribution < 1.29 is 4.74 Å². The van der Waals surface area contributed by atoms with Gasteiger partial charge in [-0.05, 0) is 38.8 Å². The largest absolute Gasteiger partial charge is 0.377 e. The van der Waals surface area contributed by atoms with E-state index in [1.165, 1.54) is 0 Å². The predicted molar refractivity (Wildman–Crippen MR) is 97.1 cm³/mol. The van der Waals surface area contributed by atoms with Crippen LogP contribution in [0.3, 0.4) is 0 Å². The zero-order valence-electron chi connectivity index (χ0n) is 14.8. The van der Waals surface area contributed by atoms with Gasteiger partial charge >= 0.3 is 0 Å². The standard InChI is InChI=1S/C19H24N4O2/c1-14-15(2)20-19-22(16-7-4-3-5-8-16)12-21(13-23(19)18(14)24)11-17-9-6-10-25-17/h3-5,7-8,17H,6,9-13H2,1-2H3/t17-/m1/s1. The second-order valence-electron chi connectivity index (χ2n) is 6.89. The minimum absolute atomic E-state index is 0.0421. The lowest BCUT2D eigenvalue weighted by Crippen LogP contribution is -2.49. The van der Waals surface area contributed by atoms with Crippen molar-refractivity contribution in [2.45, 2.75) is 39.5 Å². The van der Waals surface area contributed by atoms with Gasteiger partial charge in [0.15, 0.2) is 0 Å². The van der Waals surface area contributed by atoms with Crippen LogP contribution in [0, 0.1) is 13.8 Å². The maximum atomic E-state index is 12.8. The molecule has 0 saturated carbocycles. The fourth-order valence-electron chi connectivity index (χ4n) is 3.58. The number of benzene rings is 1. The van der Waals surface area contributed by atoms with Gasteiger partial charge in [0.1, 0.15) is 0 Å². The van der Waals surface area contributed by atoms with Crippen molar-refractivity contribution in [2.24, 2.45) is 0 Å². The summed E-state index contributed by atoms with van der Waals surface area (Å²) in [6, 6.07) is 10.1. The minimum Gasteiger partial charge on any atom is -0.377 e. The van der Waals surface area contributed by atoms with Gasteiger partial charge in [-0.1, -0.05) is 18.2 Å². The van der Waals surface area contributed by atoms with Gasteiger partial charge in [-0.2, -0.15) is 0 Å². The molecule has 0 N–H and O–H groups in total. The number of anilines is 2. The van der Waals surface area contributed by atoms with Crippen LogP contribution in [-0.2, 0) is 11.4 Å². The third kappa shape index (κ3) is 3.07. The summed E-state index contributed by atoms with van der Waals surface area (Å²) >= 11 is 0. The second-order valence-corrected chi connectivity index (χ2v) is 6.89. The monoisotopic (exact) mass is 340 g/mol. The first-order chi connectivity index (χ1) is 12.1. The molecule has 132 valence electrons. The van der Waals surface area contributed by atoms with Crippen LogP contribution in [0.1, 0.15) is 24.1 Å². The number of rotatable bonds is 3. The highest BCUT2D eigenvalue weighted by Gasteiger charge is 2.29. The molecule has 1 saturated heterocycles. The predicted octanol–water partition coefficient (Wildman–Crippen LogP) is 2.41. The van der Waals surface area contributed by atoms with Crippen LogP contribution < -0.4 is 10.5 Å². The Labute approximate surface area is 147 Å². The molecule has 6 heteroatoms. The SMILES string of the molecule is Cc1nc2n(c(=O)c1C)CN(C[C@H]1CCCO1)CN2c1ccccc1. The Hall–Kier alpha value is -2.18. The molecule has 0 unspecified atom stereocenters. The molecule has 0 aliphatic carbocycles. The Kier molecular flexibility index (Phi) is 4.31. The Morgan fingerprint density at radius 2 is 2.00 bits per heavy atom. The summed E-state index contributed by atoms with van der Waals surface area (Å²) in [5, 5.41) is 0. The number of aromatic nitrogens is 2. The summed E-state index contributed by atoms with van der Waals surface area (Å²) in [4.78, 5) is 22.0. The molecule has 2 aliphatic rings. The van der Waals surface area contributed by atoms with Crippen LogP contribution in [0.25, 0.3) is 0 Å².